The minimum Gasteiger partial charge on any atom is -0.399 e. The van der Waals surface area contributed by atoms with E-state index in [0.29, 0.717) is 0 Å². The molecule has 21 heavy (non-hydrogen) atoms. The summed E-state index contributed by atoms with van der Waals surface area (Å²) in [7, 11) is -4.01. The molecule has 2 rings (SSSR count). The third-order valence-corrected chi connectivity index (χ3v) is 4.89. The summed E-state index contributed by atoms with van der Waals surface area (Å²) in [5, 5.41) is -0.617. The minimum absolute atomic E-state index is 0.00370. The molecule has 0 aliphatic heterocycles. The molecule has 0 aliphatic rings. The molecule has 0 aliphatic carbocycles. The summed E-state index contributed by atoms with van der Waals surface area (Å²) in [5.74, 6) is -0.830. The van der Waals surface area contributed by atoms with Crippen molar-refractivity contribution in [3.8, 4) is 0 Å². The van der Waals surface area contributed by atoms with Gasteiger partial charge in [-0.25, -0.2) is 12.8 Å². The van der Waals surface area contributed by atoms with Gasteiger partial charge in [0.1, 0.15) is 4.90 Å². The van der Waals surface area contributed by atoms with E-state index in [0.717, 1.165) is 12.1 Å². The molecule has 9 heteroatoms. The molecule has 3 N–H and O–H groups in total. The molecule has 0 fully saturated rings. The van der Waals surface area contributed by atoms with Gasteiger partial charge in [0.05, 0.1) is 20.8 Å². The SMILES string of the molecule is Nc1ccc(Cl)c(S(=O)(=O)Nc2cc(Cl)c(F)c(Cl)c2)c1. The molecule has 0 aromatic heterocycles. The molecule has 0 bridgehead atoms. The van der Waals surface area contributed by atoms with Gasteiger partial charge in [0.15, 0.2) is 5.82 Å². The van der Waals surface area contributed by atoms with Gasteiger partial charge in [-0.15, -0.1) is 0 Å². The van der Waals surface area contributed by atoms with Gasteiger partial charge in [-0.1, -0.05) is 34.8 Å². The largest absolute Gasteiger partial charge is 0.399 e. The lowest BCUT2D eigenvalue weighted by Gasteiger charge is -2.11. The highest BCUT2D eigenvalue weighted by Crippen LogP contribution is 2.30. The summed E-state index contributed by atoms with van der Waals surface area (Å²) in [4.78, 5) is -0.208. The van der Waals surface area contributed by atoms with Gasteiger partial charge in [0, 0.05) is 5.69 Å². The second-order valence-corrected chi connectivity index (χ2v) is 6.92. The maximum atomic E-state index is 13.3. The van der Waals surface area contributed by atoms with E-state index >= 15 is 0 Å². The summed E-state index contributed by atoms with van der Waals surface area (Å²) in [6, 6.07) is 6.22. The van der Waals surface area contributed by atoms with Crippen molar-refractivity contribution in [3.63, 3.8) is 0 Å². The number of hydrogen-bond acceptors (Lipinski definition) is 3. The van der Waals surface area contributed by atoms with E-state index in [1.807, 2.05) is 0 Å². The number of nitrogen functional groups attached to an aromatic ring is 1. The summed E-state index contributed by atoms with van der Waals surface area (Å²) < 4.78 is 40.0. The molecule has 2 aromatic carbocycles. The van der Waals surface area contributed by atoms with Crippen LogP contribution in [0.4, 0.5) is 15.8 Å². The Balaban J connectivity index is 2.45. The van der Waals surface area contributed by atoms with E-state index in [-0.39, 0.29) is 31.3 Å². The third-order valence-electron chi connectivity index (χ3n) is 2.48. The number of nitrogens with one attached hydrogen (secondary N) is 1. The Morgan fingerprint density at radius 3 is 2.14 bits per heavy atom. The predicted molar refractivity (Wildman–Crippen MR) is 83.1 cm³/mol. The molecule has 0 radical (unpaired) electrons. The number of hydrogen-bond donors (Lipinski definition) is 2. The second kappa shape index (κ2) is 5.88. The molecule has 0 spiro atoms. The van der Waals surface area contributed by atoms with E-state index in [1.54, 1.807) is 0 Å². The van der Waals surface area contributed by atoms with Crippen molar-refractivity contribution in [2.24, 2.45) is 0 Å². The number of halogens is 4. The monoisotopic (exact) mass is 368 g/mol. The van der Waals surface area contributed by atoms with Gasteiger partial charge in [-0.3, -0.25) is 4.72 Å². The molecule has 4 nitrogen and oxygen atoms in total. The first-order valence-electron chi connectivity index (χ1n) is 5.43. The van der Waals surface area contributed by atoms with E-state index < -0.39 is 15.8 Å². The van der Waals surface area contributed by atoms with Gasteiger partial charge in [-0.2, -0.15) is 0 Å². The summed E-state index contributed by atoms with van der Waals surface area (Å²) in [5.41, 5.74) is 5.78. The highest BCUT2D eigenvalue weighted by molar-refractivity contribution is 7.92. The lowest BCUT2D eigenvalue weighted by Crippen LogP contribution is -2.14. The lowest BCUT2D eigenvalue weighted by atomic mass is 10.3. The summed E-state index contributed by atoms with van der Waals surface area (Å²) in [6.07, 6.45) is 0. The molecule has 0 saturated carbocycles. The number of benzene rings is 2. The van der Waals surface area contributed by atoms with Crippen molar-refractivity contribution in [1.82, 2.24) is 0 Å². The average molecular weight is 370 g/mol. The Morgan fingerprint density at radius 1 is 1.00 bits per heavy atom. The van der Waals surface area contributed by atoms with Crippen molar-refractivity contribution >= 4 is 56.2 Å². The Kier molecular flexibility index (Phi) is 4.53. The van der Waals surface area contributed by atoms with Gasteiger partial charge in [0.25, 0.3) is 10.0 Å². The first kappa shape index (κ1) is 16.2. The molecule has 0 amide bonds. The van der Waals surface area contributed by atoms with E-state index in [9.17, 15) is 12.8 Å². The number of sulfonamides is 1. The zero-order valence-electron chi connectivity index (χ0n) is 10.2. The third kappa shape index (κ3) is 3.52. The average Bonchev–Trinajstić information content (AvgIpc) is 2.38. The van der Waals surface area contributed by atoms with Crippen molar-refractivity contribution in [2.45, 2.75) is 4.90 Å². The normalized spacial score (nSPS) is 11.4. The standard InChI is InChI=1S/C12H8Cl3FN2O2S/c13-8-2-1-6(17)3-11(8)21(19,20)18-7-4-9(14)12(16)10(15)5-7/h1-5,18H,17H2. The van der Waals surface area contributed by atoms with Crippen LogP contribution in [0.5, 0.6) is 0 Å². The van der Waals surface area contributed by atoms with Crippen LogP contribution in [0.3, 0.4) is 0 Å². The van der Waals surface area contributed by atoms with Crippen LogP contribution >= 0.6 is 34.8 Å². The van der Waals surface area contributed by atoms with Crippen LogP contribution in [0.2, 0.25) is 15.1 Å². The Bertz CT molecular complexity index is 789. The molecule has 0 saturated heterocycles. The zero-order valence-corrected chi connectivity index (χ0v) is 13.3. The Morgan fingerprint density at radius 2 is 1.57 bits per heavy atom. The van der Waals surface area contributed by atoms with Crippen LogP contribution in [0.15, 0.2) is 35.2 Å². The van der Waals surface area contributed by atoms with Gasteiger partial charge in [0.2, 0.25) is 0 Å². The fraction of sp³-hybridized carbons (Fsp3) is 0. The fourth-order valence-electron chi connectivity index (χ4n) is 1.55. The topological polar surface area (TPSA) is 72.2 Å². The van der Waals surface area contributed by atoms with Crippen molar-refractivity contribution in [1.29, 1.82) is 0 Å². The van der Waals surface area contributed by atoms with Crippen LogP contribution in [0, 0.1) is 5.82 Å². The molecular weight excluding hydrogens is 362 g/mol. The first-order chi connectivity index (χ1) is 9.70. The lowest BCUT2D eigenvalue weighted by molar-refractivity contribution is 0.601. The van der Waals surface area contributed by atoms with E-state index in [1.165, 1.54) is 18.2 Å². The molecule has 2 aromatic rings. The quantitative estimate of drug-likeness (QED) is 0.630. The van der Waals surface area contributed by atoms with Crippen LogP contribution < -0.4 is 10.5 Å². The van der Waals surface area contributed by atoms with Gasteiger partial charge in [-0.05, 0) is 30.3 Å². The molecule has 112 valence electrons. The summed E-state index contributed by atoms with van der Waals surface area (Å²) >= 11 is 17.1. The van der Waals surface area contributed by atoms with Crippen LogP contribution in [0.1, 0.15) is 0 Å². The van der Waals surface area contributed by atoms with Crippen LogP contribution in [-0.2, 0) is 10.0 Å². The number of rotatable bonds is 3. The van der Waals surface area contributed by atoms with Crippen molar-refractivity contribution in [2.75, 3.05) is 10.5 Å². The van der Waals surface area contributed by atoms with Crippen LogP contribution in [-0.4, -0.2) is 8.42 Å². The maximum absolute atomic E-state index is 13.3. The van der Waals surface area contributed by atoms with Gasteiger partial charge >= 0.3 is 0 Å². The smallest absolute Gasteiger partial charge is 0.263 e. The second-order valence-electron chi connectivity index (χ2n) is 4.05. The highest BCUT2D eigenvalue weighted by Gasteiger charge is 2.19. The molecule has 0 heterocycles. The van der Waals surface area contributed by atoms with E-state index in [4.69, 9.17) is 40.5 Å². The summed E-state index contributed by atoms with van der Waals surface area (Å²) in [6.45, 7) is 0. The van der Waals surface area contributed by atoms with Crippen molar-refractivity contribution < 1.29 is 12.8 Å². The fourth-order valence-corrected chi connectivity index (χ4v) is 3.61. The molecular formula is C12H8Cl3FN2O2S. The Labute approximate surface area is 135 Å². The predicted octanol–water partition coefficient (Wildman–Crippen LogP) is 4.17. The van der Waals surface area contributed by atoms with Gasteiger partial charge < -0.3 is 5.73 Å². The number of anilines is 2. The van der Waals surface area contributed by atoms with Crippen LogP contribution in [0.25, 0.3) is 0 Å². The molecule has 0 atom stereocenters. The maximum Gasteiger partial charge on any atom is 0.263 e. The highest BCUT2D eigenvalue weighted by atomic mass is 35.5. The Hall–Kier alpha value is -1.21. The number of nitrogens with two attached hydrogens (primary N) is 1. The molecule has 0 unspecified atom stereocenters. The van der Waals surface area contributed by atoms with E-state index in [2.05, 4.69) is 4.72 Å². The van der Waals surface area contributed by atoms with Crippen molar-refractivity contribution in [3.05, 3.63) is 51.2 Å². The first-order valence-corrected chi connectivity index (χ1v) is 8.05. The minimum atomic E-state index is -4.01. The zero-order chi connectivity index (χ0) is 15.8.